The predicted octanol–water partition coefficient (Wildman–Crippen LogP) is 5.00. The number of carbonyl (C=O) groups excluding carboxylic acids is 1. The molecule has 8 heteroatoms. The Morgan fingerprint density at radius 3 is 2.66 bits per heavy atom. The van der Waals surface area contributed by atoms with Crippen molar-refractivity contribution in [2.24, 2.45) is 15.3 Å². The van der Waals surface area contributed by atoms with Gasteiger partial charge in [-0.05, 0) is 55.8 Å². The molecule has 0 saturated heterocycles. The fourth-order valence-electron chi connectivity index (χ4n) is 2.90. The van der Waals surface area contributed by atoms with E-state index in [-0.39, 0.29) is 5.91 Å². The molecule has 2 aromatic carbocycles. The van der Waals surface area contributed by atoms with Crippen LogP contribution in [0.4, 0.5) is 10.8 Å². The standard InChI is InChI=1S/C21H19N5O2S/c1-13-5-4-6-16(11-13)23-24-19-14(2)25-26(20(19)27)21-22-18(12-29-21)15-7-9-17(28-3)10-8-15/h4-12,19H,1-3H3/t19-/m1/s1. The average molecular weight is 405 g/mol. The highest BCUT2D eigenvalue weighted by Crippen LogP contribution is 2.31. The highest BCUT2D eigenvalue weighted by Gasteiger charge is 2.36. The number of carbonyl (C=O) groups is 1. The number of rotatable bonds is 5. The second-order valence-corrected chi connectivity index (χ2v) is 7.43. The van der Waals surface area contributed by atoms with Crippen LogP contribution in [-0.4, -0.2) is 29.8 Å². The van der Waals surface area contributed by atoms with Crippen LogP contribution in [0.15, 0.2) is 69.2 Å². The molecule has 0 fully saturated rings. The second kappa shape index (κ2) is 7.92. The number of azo groups is 1. The summed E-state index contributed by atoms with van der Waals surface area (Å²) in [6, 6.07) is 14.5. The largest absolute Gasteiger partial charge is 0.497 e. The van der Waals surface area contributed by atoms with E-state index in [1.54, 1.807) is 14.0 Å². The number of methoxy groups -OCH3 is 1. The molecule has 1 aliphatic rings. The van der Waals surface area contributed by atoms with Gasteiger partial charge in [0.2, 0.25) is 5.13 Å². The van der Waals surface area contributed by atoms with E-state index in [9.17, 15) is 4.79 Å². The Labute approximate surface area is 172 Å². The molecule has 0 unspecified atom stereocenters. The molecule has 1 amide bonds. The Balaban J connectivity index is 1.53. The molecule has 0 bridgehead atoms. The van der Waals surface area contributed by atoms with Gasteiger partial charge in [0.1, 0.15) is 5.75 Å². The van der Waals surface area contributed by atoms with Crippen LogP contribution >= 0.6 is 11.3 Å². The maximum absolute atomic E-state index is 12.8. The quantitative estimate of drug-likeness (QED) is 0.560. The fraction of sp³-hybridized carbons (Fsp3) is 0.190. The molecular formula is C21H19N5O2S. The lowest BCUT2D eigenvalue weighted by atomic mass is 10.2. The fourth-order valence-corrected chi connectivity index (χ4v) is 3.68. The molecule has 0 aliphatic carbocycles. The van der Waals surface area contributed by atoms with Gasteiger partial charge in [0, 0.05) is 10.9 Å². The Bertz CT molecular complexity index is 1100. The number of aromatic nitrogens is 1. The van der Waals surface area contributed by atoms with E-state index in [1.807, 2.05) is 60.8 Å². The average Bonchev–Trinajstić information content (AvgIpc) is 3.32. The molecule has 0 saturated carbocycles. The van der Waals surface area contributed by atoms with Gasteiger partial charge in [-0.2, -0.15) is 20.3 Å². The summed E-state index contributed by atoms with van der Waals surface area (Å²) in [4.78, 5) is 17.4. The normalized spacial score (nSPS) is 16.5. The number of aryl methyl sites for hydroxylation is 1. The van der Waals surface area contributed by atoms with Crippen LogP contribution in [0.5, 0.6) is 5.75 Å². The topological polar surface area (TPSA) is 79.5 Å². The van der Waals surface area contributed by atoms with Crippen molar-refractivity contribution in [2.75, 3.05) is 12.1 Å². The molecular weight excluding hydrogens is 386 g/mol. The first-order valence-corrected chi connectivity index (χ1v) is 9.89. The van der Waals surface area contributed by atoms with E-state index >= 15 is 0 Å². The van der Waals surface area contributed by atoms with Crippen LogP contribution in [0.1, 0.15) is 12.5 Å². The van der Waals surface area contributed by atoms with Gasteiger partial charge in [0.25, 0.3) is 5.91 Å². The highest BCUT2D eigenvalue weighted by atomic mass is 32.1. The van der Waals surface area contributed by atoms with Crippen LogP contribution in [0.2, 0.25) is 0 Å². The van der Waals surface area contributed by atoms with Crippen molar-refractivity contribution in [3.05, 3.63) is 59.5 Å². The molecule has 29 heavy (non-hydrogen) atoms. The third kappa shape index (κ3) is 3.93. The minimum atomic E-state index is -0.733. The number of ether oxygens (including phenoxy) is 1. The minimum absolute atomic E-state index is 0.255. The number of hydrazone groups is 1. The van der Waals surface area contributed by atoms with Crippen molar-refractivity contribution >= 4 is 33.8 Å². The lowest BCUT2D eigenvalue weighted by Gasteiger charge is -2.08. The van der Waals surface area contributed by atoms with E-state index in [2.05, 4.69) is 20.3 Å². The van der Waals surface area contributed by atoms with Crippen molar-refractivity contribution in [3.8, 4) is 17.0 Å². The zero-order valence-corrected chi connectivity index (χ0v) is 17.1. The minimum Gasteiger partial charge on any atom is -0.497 e. The zero-order chi connectivity index (χ0) is 20.4. The summed E-state index contributed by atoms with van der Waals surface area (Å²) in [7, 11) is 1.63. The Morgan fingerprint density at radius 1 is 1.14 bits per heavy atom. The summed E-state index contributed by atoms with van der Waals surface area (Å²) in [5.74, 6) is 0.524. The molecule has 7 nitrogen and oxygen atoms in total. The number of hydrogen-bond donors (Lipinski definition) is 0. The van der Waals surface area contributed by atoms with Crippen molar-refractivity contribution < 1.29 is 9.53 Å². The maximum atomic E-state index is 12.8. The summed E-state index contributed by atoms with van der Waals surface area (Å²) in [6.07, 6.45) is 0. The molecule has 3 aromatic rings. The molecule has 1 atom stereocenters. The summed E-state index contributed by atoms with van der Waals surface area (Å²) < 4.78 is 5.18. The molecule has 0 spiro atoms. The summed E-state index contributed by atoms with van der Waals surface area (Å²) in [6.45, 7) is 3.76. The number of anilines is 1. The molecule has 4 rings (SSSR count). The van der Waals surface area contributed by atoms with E-state index in [0.717, 1.165) is 22.6 Å². The molecule has 2 heterocycles. The first kappa shape index (κ1) is 18.9. The Hall–Kier alpha value is -3.39. The first-order valence-electron chi connectivity index (χ1n) is 9.01. The van der Waals surface area contributed by atoms with Crippen LogP contribution in [0.25, 0.3) is 11.3 Å². The Kier molecular flexibility index (Phi) is 5.18. The van der Waals surface area contributed by atoms with Gasteiger partial charge in [-0.25, -0.2) is 4.98 Å². The zero-order valence-electron chi connectivity index (χ0n) is 16.2. The maximum Gasteiger partial charge on any atom is 0.282 e. The SMILES string of the molecule is COc1ccc(-c2csc(N3N=C(C)[C@@H](N=Nc4cccc(C)c4)C3=O)n2)cc1. The molecule has 1 aromatic heterocycles. The van der Waals surface area contributed by atoms with Crippen LogP contribution in [-0.2, 0) is 4.79 Å². The van der Waals surface area contributed by atoms with Crippen LogP contribution in [0, 0.1) is 6.92 Å². The summed E-state index contributed by atoms with van der Waals surface area (Å²) >= 11 is 1.36. The smallest absolute Gasteiger partial charge is 0.282 e. The third-order valence-electron chi connectivity index (χ3n) is 4.45. The van der Waals surface area contributed by atoms with Gasteiger partial charge in [-0.3, -0.25) is 4.79 Å². The number of nitrogens with zero attached hydrogens (tertiary/aromatic N) is 5. The van der Waals surface area contributed by atoms with Crippen molar-refractivity contribution in [3.63, 3.8) is 0 Å². The van der Waals surface area contributed by atoms with Gasteiger partial charge in [0.15, 0.2) is 6.04 Å². The lowest BCUT2D eigenvalue weighted by molar-refractivity contribution is -0.117. The number of thiazole rings is 1. The second-order valence-electron chi connectivity index (χ2n) is 6.59. The van der Waals surface area contributed by atoms with Gasteiger partial charge in [-0.1, -0.05) is 12.1 Å². The molecule has 0 radical (unpaired) electrons. The van der Waals surface area contributed by atoms with E-state index < -0.39 is 6.04 Å². The Morgan fingerprint density at radius 2 is 1.93 bits per heavy atom. The lowest BCUT2D eigenvalue weighted by Crippen LogP contribution is -2.29. The third-order valence-corrected chi connectivity index (χ3v) is 5.26. The van der Waals surface area contributed by atoms with Crippen molar-refractivity contribution in [1.82, 2.24) is 4.98 Å². The summed E-state index contributed by atoms with van der Waals surface area (Å²) in [5.41, 5.74) is 4.10. The molecule has 146 valence electrons. The van der Waals surface area contributed by atoms with Crippen LogP contribution in [0.3, 0.4) is 0 Å². The van der Waals surface area contributed by atoms with Gasteiger partial charge >= 0.3 is 0 Å². The van der Waals surface area contributed by atoms with Gasteiger partial charge in [-0.15, -0.1) is 11.3 Å². The van der Waals surface area contributed by atoms with E-state index in [1.165, 1.54) is 16.3 Å². The number of benzene rings is 2. The number of amides is 1. The van der Waals surface area contributed by atoms with Crippen LogP contribution < -0.4 is 9.75 Å². The van der Waals surface area contributed by atoms with Gasteiger partial charge < -0.3 is 4.74 Å². The molecule has 0 N–H and O–H groups in total. The predicted molar refractivity (Wildman–Crippen MR) is 114 cm³/mol. The first-order chi connectivity index (χ1) is 14.0. The van der Waals surface area contributed by atoms with Crippen molar-refractivity contribution in [2.45, 2.75) is 19.9 Å². The van der Waals surface area contributed by atoms with E-state index in [0.29, 0.717) is 16.5 Å². The monoisotopic (exact) mass is 405 g/mol. The van der Waals surface area contributed by atoms with E-state index in [4.69, 9.17) is 4.74 Å². The molecule has 1 aliphatic heterocycles. The van der Waals surface area contributed by atoms with Crippen molar-refractivity contribution in [1.29, 1.82) is 0 Å². The number of hydrogen-bond acceptors (Lipinski definition) is 7. The van der Waals surface area contributed by atoms with Gasteiger partial charge in [0.05, 0.1) is 24.2 Å². The summed E-state index contributed by atoms with van der Waals surface area (Å²) in [5, 5.41) is 16.5. The highest BCUT2D eigenvalue weighted by molar-refractivity contribution is 7.14.